The number of aliphatic hydroxyl groups is 1. The van der Waals surface area contributed by atoms with Crippen LogP contribution in [0.5, 0.6) is 17.5 Å². The number of benzene rings is 1. The van der Waals surface area contributed by atoms with Gasteiger partial charge in [0.15, 0.2) is 5.72 Å². The van der Waals surface area contributed by atoms with Crippen LogP contribution in [0.4, 0.5) is 20.1 Å². The first-order chi connectivity index (χ1) is 36.9. The number of hydrogen-bond acceptors (Lipinski definition) is 18. The number of carbonyl (C=O) groups is 7. The highest BCUT2D eigenvalue weighted by Crippen LogP contribution is 2.49. The van der Waals surface area contributed by atoms with Crippen molar-refractivity contribution in [1.29, 1.82) is 0 Å². The van der Waals surface area contributed by atoms with Crippen LogP contribution in [-0.2, 0) is 49.3 Å². The van der Waals surface area contributed by atoms with E-state index in [9.17, 15) is 48.9 Å². The number of allylic oxidation sites excluding steroid dienone is 4. The van der Waals surface area contributed by atoms with Gasteiger partial charge in [0.2, 0.25) is 23.6 Å². The van der Waals surface area contributed by atoms with Crippen molar-refractivity contribution < 1.29 is 82.1 Å². The van der Waals surface area contributed by atoms with Gasteiger partial charge in [0, 0.05) is 64.9 Å². The molecule has 10 atom stereocenters. The van der Waals surface area contributed by atoms with Gasteiger partial charge in [0.05, 0.1) is 31.9 Å². The summed E-state index contributed by atoms with van der Waals surface area (Å²) in [5.74, 6) is -4.93. The molecule has 4 heterocycles. The fourth-order valence-corrected chi connectivity index (χ4v) is 10.4. The van der Waals surface area contributed by atoms with Gasteiger partial charge in [-0.05, 0) is 76.6 Å². The van der Waals surface area contributed by atoms with Crippen LogP contribution in [0.2, 0.25) is 5.02 Å². The maximum absolute atomic E-state index is 14.4. The molecule has 0 spiro atoms. The third-order valence-electron chi connectivity index (χ3n) is 14.4. The molecular formula is C53H71ClN6O17S. The standard InChI is InChI=1S/C53H71ClN6O17S/c1-30-16-15-19-39(72-9)53(70)28-38(74-49(67)56-53)31(2)46-52(4,76-46)40(27-44(64)59(7)36-25-33(24-30)26-37(71-8)45(36)54)75-47(65)32(3)58(6)41(61)22-23-78-50(68)55-35(48(66)77-60-42(62)20-21-43(60)63)29-57(5)51(69)73-34-17-13-11-10-12-14-18-34/h13,15-17,19-21,25-26,31-32,34-35,38-40,46,62-63,70H,10-12,14,18,22-24,27-29H2,1-9H3,(H,55,68)(H,56,67)/t31-,32+,34?,35?,38+,39-,40+,46+,52+,53+/m1/s1. The smallest absolute Gasteiger partial charge is 0.410 e. The fraction of sp³-hybridized carbons (Fsp3) is 0.566. The number of amides is 5. The lowest BCUT2D eigenvalue weighted by Gasteiger charge is -2.42. The van der Waals surface area contributed by atoms with Crippen LogP contribution in [0.3, 0.4) is 0 Å². The highest BCUT2D eigenvalue weighted by atomic mass is 35.5. The van der Waals surface area contributed by atoms with Crippen molar-refractivity contribution in [2.75, 3.05) is 52.6 Å². The number of aromatic hydroxyl groups is 2. The molecule has 5 amide bonds. The molecule has 6 rings (SSSR count). The fourth-order valence-electron chi connectivity index (χ4n) is 9.43. The van der Waals surface area contributed by atoms with Crippen LogP contribution >= 0.6 is 23.4 Å². The molecule has 428 valence electrons. The summed E-state index contributed by atoms with van der Waals surface area (Å²) >= 11 is 7.44. The number of aromatic nitrogens is 1. The average Bonchev–Trinajstić information content (AvgIpc) is 4.14. The van der Waals surface area contributed by atoms with E-state index in [-0.39, 0.29) is 23.6 Å². The normalized spacial score (nSPS) is 26.2. The summed E-state index contributed by atoms with van der Waals surface area (Å²) in [6.45, 7) is 6.24. The quantitative estimate of drug-likeness (QED) is 0.0671. The minimum atomic E-state index is -1.91. The van der Waals surface area contributed by atoms with Crippen LogP contribution in [0, 0.1) is 5.92 Å². The third kappa shape index (κ3) is 15.0. The molecule has 1 aliphatic carbocycles. The number of esters is 1. The molecule has 3 aliphatic heterocycles. The molecule has 78 heavy (non-hydrogen) atoms. The highest BCUT2D eigenvalue weighted by Gasteiger charge is 2.64. The van der Waals surface area contributed by atoms with E-state index in [1.54, 1.807) is 38.1 Å². The summed E-state index contributed by atoms with van der Waals surface area (Å²) in [6, 6.07) is 2.81. The summed E-state index contributed by atoms with van der Waals surface area (Å²) < 4.78 is 35.5. The molecule has 5 N–H and O–H groups in total. The van der Waals surface area contributed by atoms with Crippen molar-refractivity contribution in [2.45, 2.75) is 139 Å². The van der Waals surface area contributed by atoms with E-state index in [1.165, 1.54) is 47.2 Å². The molecule has 2 unspecified atom stereocenters. The second kappa shape index (κ2) is 26.5. The zero-order valence-electron chi connectivity index (χ0n) is 45.2. The van der Waals surface area contributed by atoms with E-state index in [0.29, 0.717) is 40.8 Å². The molecule has 1 aromatic heterocycles. The van der Waals surface area contributed by atoms with Gasteiger partial charge in [-0.1, -0.05) is 66.6 Å². The first-order valence-corrected chi connectivity index (χ1v) is 26.9. The van der Waals surface area contributed by atoms with Gasteiger partial charge >= 0.3 is 24.1 Å². The van der Waals surface area contributed by atoms with E-state index >= 15 is 0 Å². The molecule has 2 aromatic rings. The first-order valence-electron chi connectivity index (χ1n) is 25.6. The van der Waals surface area contributed by atoms with Crippen LogP contribution < -0.4 is 25.1 Å². The van der Waals surface area contributed by atoms with Gasteiger partial charge in [0.25, 0.3) is 5.24 Å². The Bertz CT molecular complexity index is 2630. The van der Waals surface area contributed by atoms with Crippen molar-refractivity contribution in [1.82, 2.24) is 25.2 Å². The Morgan fingerprint density at radius 1 is 1.04 bits per heavy atom. The molecular weight excluding hydrogens is 1060 g/mol. The number of epoxide rings is 1. The van der Waals surface area contributed by atoms with Crippen LogP contribution in [0.1, 0.15) is 84.6 Å². The number of fused-ring (bicyclic) bond motifs is 5. The SMILES string of the molecule is COc1cc2cc(c1Cl)N(C)C(=O)C[C@H](OC(=O)[C@H](C)N(C)C(=O)CCSC(=O)NC(CN(C)C(=O)OC1C=CCCCCC1)C(=O)On1c(O)ccc1O)[C@]1(C)O[C@H]1[C@H](C)[C@@H]1C[C@@](O)(NC(=O)O1)[C@H](OC)C=CC=C(C)C2. The van der Waals surface area contributed by atoms with Gasteiger partial charge in [-0.3, -0.25) is 19.7 Å². The predicted molar refractivity (Wildman–Crippen MR) is 285 cm³/mol. The van der Waals surface area contributed by atoms with Crippen molar-refractivity contribution in [2.24, 2.45) is 5.92 Å². The number of rotatable bonds is 14. The number of likely N-dealkylation sites (N-methyl/N-ethyl adjacent to an activating group) is 2. The van der Waals surface area contributed by atoms with Crippen molar-refractivity contribution in [3.8, 4) is 17.5 Å². The molecule has 23 nitrogen and oxygen atoms in total. The van der Waals surface area contributed by atoms with Crippen LogP contribution in [-0.4, -0.2) is 173 Å². The molecule has 2 saturated heterocycles. The minimum absolute atomic E-state index is 0.133. The molecule has 4 bridgehead atoms. The zero-order chi connectivity index (χ0) is 57.2. The minimum Gasteiger partial charge on any atom is -0.495 e. The summed E-state index contributed by atoms with van der Waals surface area (Å²) in [5.41, 5.74) is -1.36. The van der Waals surface area contributed by atoms with E-state index in [1.807, 2.05) is 25.2 Å². The largest absolute Gasteiger partial charge is 0.495 e. The molecule has 1 aromatic carbocycles. The van der Waals surface area contributed by atoms with Crippen molar-refractivity contribution in [3.63, 3.8) is 0 Å². The number of nitrogens with one attached hydrogen (secondary N) is 2. The van der Waals surface area contributed by atoms with E-state index < -0.39 is 126 Å². The number of halogens is 1. The highest BCUT2D eigenvalue weighted by molar-refractivity contribution is 8.13. The third-order valence-corrected chi connectivity index (χ3v) is 15.5. The Labute approximate surface area is 462 Å². The van der Waals surface area contributed by atoms with Gasteiger partial charge in [0.1, 0.15) is 52.9 Å². The number of methoxy groups -OCH3 is 2. The van der Waals surface area contributed by atoms with Crippen molar-refractivity contribution in [3.05, 3.63) is 70.8 Å². The number of nitrogens with zero attached hydrogens (tertiary/aromatic N) is 4. The number of carbonyl (C=O) groups excluding carboxylic acids is 7. The Hall–Kier alpha value is -6.47. The Kier molecular flexibility index (Phi) is 20.6. The molecule has 0 radical (unpaired) electrons. The van der Waals surface area contributed by atoms with Gasteiger partial charge in [-0.2, -0.15) is 0 Å². The Morgan fingerprint density at radius 3 is 2.45 bits per heavy atom. The lowest BCUT2D eigenvalue weighted by atomic mass is 9.83. The molecule has 25 heteroatoms. The Morgan fingerprint density at radius 2 is 1.76 bits per heavy atom. The molecule has 0 saturated carbocycles. The predicted octanol–water partition coefficient (Wildman–Crippen LogP) is 5.54. The van der Waals surface area contributed by atoms with Gasteiger partial charge in [-0.25, -0.2) is 19.2 Å². The summed E-state index contributed by atoms with van der Waals surface area (Å²) in [7, 11) is 7.07. The molecule has 2 fully saturated rings. The van der Waals surface area contributed by atoms with Gasteiger partial charge < -0.3 is 68.6 Å². The zero-order valence-corrected chi connectivity index (χ0v) is 46.8. The topological polar surface area (TPSA) is 287 Å². The van der Waals surface area contributed by atoms with Crippen molar-refractivity contribution >= 4 is 70.2 Å². The Balaban J connectivity index is 1.15. The van der Waals surface area contributed by atoms with E-state index in [4.69, 9.17) is 44.9 Å². The van der Waals surface area contributed by atoms with Gasteiger partial charge in [-0.15, -0.1) is 4.73 Å². The van der Waals surface area contributed by atoms with E-state index in [2.05, 4.69) is 10.6 Å². The average molecular weight is 1130 g/mol. The summed E-state index contributed by atoms with van der Waals surface area (Å²) in [4.78, 5) is 104. The first kappa shape index (κ1) is 60.8. The number of thioether (sulfide) groups is 1. The maximum Gasteiger partial charge on any atom is 0.410 e. The number of hydrogen-bond donors (Lipinski definition) is 5. The second-order valence-electron chi connectivity index (χ2n) is 20.1. The monoisotopic (exact) mass is 1130 g/mol. The van der Waals surface area contributed by atoms with Crippen LogP contribution in [0.25, 0.3) is 0 Å². The number of alkyl carbamates (subject to hydrolysis) is 1. The molecule has 4 aliphatic rings. The van der Waals surface area contributed by atoms with E-state index in [0.717, 1.165) is 58.8 Å². The lowest BCUT2D eigenvalue weighted by Crippen LogP contribution is -2.63. The van der Waals surface area contributed by atoms with Crippen LogP contribution in [0.15, 0.2) is 60.2 Å². The number of anilines is 1. The number of ether oxygens (including phenoxy) is 6. The summed E-state index contributed by atoms with van der Waals surface area (Å²) in [6.07, 6.45) is 6.48. The summed E-state index contributed by atoms with van der Waals surface area (Å²) in [5, 5.41) is 36.4. The second-order valence-corrected chi connectivity index (χ2v) is 21.6. The maximum atomic E-state index is 14.4. The lowest BCUT2D eigenvalue weighted by molar-refractivity contribution is -0.162.